The molecule has 0 aromatic carbocycles. The van der Waals surface area contributed by atoms with Crippen molar-refractivity contribution >= 4 is 5.91 Å². The molecular formula is C11H22N2O. The molecule has 0 aromatic rings. The van der Waals surface area contributed by atoms with Crippen LogP contribution in [0.15, 0.2) is 0 Å². The fourth-order valence-electron chi connectivity index (χ4n) is 1.53. The number of hydrogen-bond donors (Lipinski definition) is 1. The van der Waals surface area contributed by atoms with Crippen LogP contribution in [-0.2, 0) is 4.79 Å². The van der Waals surface area contributed by atoms with E-state index in [1.165, 1.54) is 0 Å². The smallest absolute Gasteiger partial charge is 0.226 e. The summed E-state index contributed by atoms with van der Waals surface area (Å²) in [7, 11) is 0. The van der Waals surface area contributed by atoms with Gasteiger partial charge in [0, 0.05) is 32.1 Å². The molecule has 0 aliphatic carbocycles. The van der Waals surface area contributed by atoms with Crippen LogP contribution in [0.1, 0.15) is 27.7 Å². The predicted molar refractivity (Wildman–Crippen MR) is 58.1 cm³/mol. The number of amides is 1. The van der Waals surface area contributed by atoms with Crippen LogP contribution in [0.2, 0.25) is 0 Å². The molecule has 1 N–H and O–H groups in total. The molecule has 1 amide bonds. The van der Waals surface area contributed by atoms with E-state index < -0.39 is 0 Å². The van der Waals surface area contributed by atoms with Gasteiger partial charge in [-0.15, -0.1) is 0 Å². The number of hydrogen-bond acceptors (Lipinski definition) is 2. The largest absolute Gasteiger partial charge is 0.340 e. The van der Waals surface area contributed by atoms with Gasteiger partial charge < -0.3 is 10.2 Å². The Morgan fingerprint density at radius 3 is 2.21 bits per heavy atom. The van der Waals surface area contributed by atoms with Crippen LogP contribution in [-0.4, -0.2) is 37.0 Å². The third kappa shape index (κ3) is 2.71. The van der Waals surface area contributed by atoms with Crippen molar-refractivity contribution in [3.8, 4) is 0 Å². The van der Waals surface area contributed by atoms with Crippen LogP contribution in [0.4, 0.5) is 0 Å². The zero-order chi connectivity index (χ0) is 10.8. The molecule has 1 aliphatic rings. The summed E-state index contributed by atoms with van der Waals surface area (Å²) in [5, 5.41) is 3.25. The molecule has 3 heteroatoms. The summed E-state index contributed by atoms with van der Waals surface area (Å²) in [5.74, 6) is 0.416. The van der Waals surface area contributed by atoms with Gasteiger partial charge in [-0.1, -0.05) is 27.7 Å². The van der Waals surface area contributed by atoms with E-state index in [9.17, 15) is 4.79 Å². The summed E-state index contributed by atoms with van der Waals surface area (Å²) in [6, 6.07) is 0. The van der Waals surface area contributed by atoms with Gasteiger partial charge in [0.05, 0.1) is 0 Å². The first-order valence-electron chi connectivity index (χ1n) is 5.42. The highest BCUT2D eigenvalue weighted by Crippen LogP contribution is 2.27. The third-order valence-electron chi connectivity index (χ3n) is 3.10. The van der Waals surface area contributed by atoms with E-state index in [4.69, 9.17) is 0 Å². The van der Waals surface area contributed by atoms with Crippen molar-refractivity contribution in [2.75, 3.05) is 26.2 Å². The zero-order valence-electron chi connectivity index (χ0n) is 9.76. The second kappa shape index (κ2) is 4.30. The van der Waals surface area contributed by atoms with Gasteiger partial charge in [0.1, 0.15) is 0 Å². The van der Waals surface area contributed by atoms with Gasteiger partial charge in [-0.2, -0.15) is 0 Å². The van der Waals surface area contributed by atoms with Crippen molar-refractivity contribution in [2.24, 2.45) is 11.3 Å². The van der Waals surface area contributed by atoms with Crippen molar-refractivity contribution < 1.29 is 4.79 Å². The highest BCUT2D eigenvalue weighted by Gasteiger charge is 2.30. The standard InChI is InChI=1S/C11H22N2O/c1-9(11(2,3)4)10(14)13-7-5-12-6-8-13/h9,12H,5-8H2,1-4H3. The van der Waals surface area contributed by atoms with Crippen LogP contribution in [0.25, 0.3) is 0 Å². The molecule has 3 nitrogen and oxygen atoms in total. The zero-order valence-corrected chi connectivity index (χ0v) is 9.76. The molecular weight excluding hydrogens is 176 g/mol. The molecule has 0 spiro atoms. The number of carbonyl (C=O) groups excluding carboxylic acids is 1. The average Bonchev–Trinajstić information content (AvgIpc) is 2.15. The van der Waals surface area contributed by atoms with Crippen molar-refractivity contribution in [2.45, 2.75) is 27.7 Å². The van der Waals surface area contributed by atoms with Crippen molar-refractivity contribution in [1.82, 2.24) is 10.2 Å². The van der Waals surface area contributed by atoms with E-state index in [1.807, 2.05) is 11.8 Å². The van der Waals surface area contributed by atoms with Crippen molar-refractivity contribution in [3.05, 3.63) is 0 Å². The number of piperazine rings is 1. The van der Waals surface area contributed by atoms with E-state index in [0.29, 0.717) is 5.91 Å². The topological polar surface area (TPSA) is 32.3 Å². The highest BCUT2D eigenvalue weighted by molar-refractivity contribution is 5.79. The van der Waals surface area contributed by atoms with Crippen LogP contribution < -0.4 is 5.32 Å². The van der Waals surface area contributed by atoms with Gasteiger partial charge >= 0.3 is 0 Å². The Balaban J connectivity index is 2.55. The molecule has 14 heavy (non-hydrogen) atoms. The Morgan fingerprint density at radius 1 is 1.29 bits per heavy atom. The van der Waals surface area contributed by atoms with Crippen LogP contribution in [0.3, 0.4) is 0 Å². The Kier molecular flexibility index (Phi) is 3.53. The Morgan fingerprint density at radius 2 is 1.79 bits per heavy atom. The molecule has 0 saturated carbocycles. The Labute approximate surface area is 86.9 Å². The van der Waals surface area contributed by atoms with Crippen molar-refractivity contribution in [1.29, 1.82) is 0 Å². The molecule has 1 aliphatic heterocycles. The number of nitrogens with zero attached hydrogens (tertiary/aromatic N) is 1. The first-order chi connectivity index (χ1) is 6.43. The van der Waals surface area contributed by atoms with Crippen LogP contribution in [0, 0.1) is 11.3 Å². The first-order valence-corrected chi connectivity index (χ1v) is 5.42. The second-order valence-electron chi connectivity index (χ2n) is 5.16. The molecule has 0 bridgehead atoms. The number of carbonyl (C=O) groups is 1. The maximum absolute atomic E-state index is 12.0. The lowest BCUT2D eigenvalue weighted by Crippen LogP contribution is -2.49. The summed E-state index contributed by atoms with van der Waals surface area (Å²) in [4.78, 5) is 14.0. The molecule has 0 aromatic heterocycles. The highest BCUT2D eigenvalue weighted by atomic mass is 16.2. The summed E-state index contributed by atoms with van der Waals surface area (Å²) < 4.78 is 0. The van der Waals surface area contributed by atoms with E-state index in [-0.39, 0.29) is 11.3 Å². The number of nitrogens with one attached hydrogen (secondary N) is 1. The minimum absolute atomic E-state index is 0.0714. The molecule has 1 fully saturated rings. The van der Waals surface area contributed by atoms with E-state index in [0.717, 1.165) is 26.2 Å². The Bertz CT molecular complexity index is 202. The van der Waals surface area contributed by atoms with E-state index in [1.54, 1.807) is 0 Å². The fourth-order valence-corrected chi connectivity index (χ4v) is 1.53. The van der Waals surface area contributed by atoms with Crippen LogP contribution >= 0.6 is 0 Å². The van der Waals surface area contributed by atoms with Gasteiger partial charge in [0.25, 0.3) is 0 Å². The molecule has 1 saturated heterocycles. The molecule has 0 radical (unpaired) electrons. The lowest BCUT2D eigenvalue weighted by molar-refractivity contribution is -0.138. The van der Waals surface area contributed by atoms with Gasteiger partial charge in [0.2, 0.25) is 5.91 Å². The Hall–Kier alpha value is -0.570. The summed E-state index contributed by atoms with van der Waals surface area (Å²) >= 11 is 0. The van der Waals surface area contributed by atoms with E-state index in [2.05, 4.69) is 26.1 Å². The minimum atomic E-state index is 0.0714. The summed E-state index contributed by atoms with van der Waals surface area (Å²) in [6.07, 6.45) is 0. The monoisotopic (exact) mass is 198 g/mol. The van der Waals surface area contributed by atoms with Gasteiger partial charge in [-0.05, 0) is 5.41 Å². The molecule has 82 valence electrons. The first kappa shape index (κ1) is 11.5. The van der Waals surface area contributed by atoms with E-state index >= 15 is 0 Å². The van der Waals surface area contributed by atoms with Gasteiger partial charge in [-0.25, -0.2) is 0 Å². The van der Waals surface area contributed by atoms with Gasteiger partial charge in [-0.3, -0.25) is 4.79 Å². The minimum Gasteiger partial charge on any atom is -0.340 e. The summed E-state index contributed by atoms with van der Waals surface area (Å²) in [6.45, 7) is 12.0. The van der Waals surface area contributed by atoms with Crippen LogP contribution in [0.5, 0.6) is 0 Å². The molecule has 1 atom stereocenters. The lowest BCUT2D eigenvalue weighted by atomic mass is 9.81. The normalized spacial score (nSPS) is 20.7. The SMILES string of the molecule is CC(C(=O)N1CCNCC1)C(C)(C)C. The second-order valence-corrected chi connectivity index (χ2v) is 5.16. The molecule has 1 rings (SSSR count). The maximum atomic E-state index is 12.0. The lowest BCUT2D eigenvalue weighted by Gasteiger charge is -2.34. The predicted octanol–water partition coefficient (Wildman–Crippen LogP) is 1.10. The molecule has 1 heterocycles. The van der Waals surface area contributed by atoms with Gasteiger partial charge in [0.15, 0.2) is 0 Å². The fraction of sp³-hybridized carbons (Fsp3) is 0.909. The summed E-state index contributed by atoms with van der Waals surface area (Å²) in [5.41, 5.74) is 0.0714. The quantitative estimate of drug-likeness (QED) is 0.684. The molecule has 1 unspecified atom stereocenters. The maximum Gasteiger partial charge on any atom is 0.226 e. The third-order valence-corrected chi connectivity index (χ3v) is 3.10. The average molecular weight is 198 g/mol. The number of rotatable bonds is 1. The van der Waals surface area contributed by atoms with Crippen molar-refractivity contribution in [3.63, 3.8) is 0 Å².